The number of para-hydroxylation sites is 3. The van der Waals surface area contributed by atoms with Crippen molar-refractivity contribution in [2.45, 2.75) is 77.6 Å². The summed E-state index contributed by atoms with van der Waals surface area (Å²) in [6.07, 6.45) is 2.28. The van der Waals surface area contributed by atoms with Gasteiger partial charge in [0.15, 0.2) is 5.75 Å². The van der Waals surface area contributed by atoms with E-state index in [4.69, 9.17) is 9.15 Å². The molecule has 1 aromatic heterocycles. The Balaban J connectivity index is 1.28. The van der Waals surface area contributed by atoms with E-state index in [-0.39, 0.29) is 23.1 Å². The number of anilines is 5. The van der Waals surface area contributed by atoms with Gasteiger partial charge in [-0.3, -0.25) is 4.90 Å². The molecule has 0 saturated carbocycles. The first-order valence-electron chi connectivity index (χ1n) is 21.3. The molecule has 5 heteroatoms. The summed E-state index contributed by atoms with van der Waals surface area (Å²) in [5, 5.41) is 3.57. The van der Waals surface area contributed by atoms with Crippen LogP contribution < -0.4 is 25.4 Å². The molecule has 0 atom stereocenters. The minimum atomic E-state index is -0.192. The van der Waals surface area contributed by atoms with E-state index in [0.717, 1.165) is 52.9 Å². The number of furan rings is 1. The molecule has 0 bridgehead atoms. The number of rotatable bonds is 2. The van der Waals surface area contributed by atoms with Crippen molar-refractivity contribution in [2.75, 3.05) is 9.71 Å². The molecule has 59 heavy (non-hydrogen) atoms. The quantitative estimate of drug-likeness (QED) is 0.164. The molecule has 0 amide bonds. The van der Waals surface area contributed by atoms with Gasteiger partial charge in [0.2, 0.25) is 5.88 Å². The van der Waals surface area contributed by atoms with Gasteiger partial charge in [-0.25, -0.2) is 0 Å². The molecule has 7 aromatic carbocycles. The predicted octanol–water partition coefficient (Wildman–Crippen LogP) is 13.7. The van der Waals surface area contributed by atoms with Crippen molar-refractivity contribution in [1.29, 1.82) is 0 Å². The third-order valence-corrected chi connectivity index (χ3v) is 14.0. The van der Waals surface area contributed by atoms with E-state index in [0.29, 0.717) is 0 Å². The summed E-state index contributed by atoms with van der Waals surface area (Å²) in [6, 6.07) is 49.4. The number of ether oxygens (including phenoxy) is 1. The molecular weight excluding hydrogens is 719 g/mol. The van der Waals surface area contributed by atoms with Crippen LogP contribution in [-0.2, 0) is 16.2 Å². The average Bonchev–Trinajstić information content (AvgIpc) is 3.61. The van der Waals surface area contributed by atoms with Gasteiger partial charge in [-0.15, -0.1) is 0 Å². The third kappa shape index (κ3) is 4.79. The Morgan fingerprint density at radius 2 is 1.29 bits per heavy atom. The number of hydrogen-bond acceptors (Lipinski definition) is 4. The van der Waals surface area contributed by atoms with Gasteiger partial charge < -0.3 is 14.0 Å². The van der Waals surface area contributed by atoms with Gasteiger partial charge in [0.1, 0.15) is 11.3 Å². The van der Waals surface area contributed by atoms with E-state index >= 15 is 0 Å². The number of hydrogen-bond donors (Lipinski definition) is 0. The number of nitrogens with zero attached hydrogens (tertiary/aromatic N) is 2. The lowest BCUT2D eigenvalue weighted by Gasteiger charge is -2.47. The van der Waals surface area contributed by atoms with Crippen LogP contribution >= 0.6 is 0 Å². The maximum Gasteiger partial charge on any atom is 0.337 e. The molecular formula is C54H47BN2O2. The molecule has 4 nitrogen and oxygen atoms in total. The maximum atomic E-state index is 7.56. The zero-order valence-corrected chi connectivity index (χ0v) is 34.9. The molecule has 0 saturated heterocycles. The number of fused-ring (bicyclic) bond motifs is 11. The van der Waals surface area contributed by atoms with Gasteiger partial charge in [0.25, 0.3) is 0 Å². The largest absolute Gasteiger partial charge is 0.453 e. The summed E-state index contributed by atoms with van der Waals surface area (Å²) in [6.45, 7) is 16.4. The van der Waals surface area contributed by atoms with Crippen molar-refractivity contribution in [3.8, 4) is 33.8 Å². The van der Waals surface area contributed by atoms with Crippen LogP contribution in [0.5, 0.6) is 11.5 Å². The van der Waals surface area contributed by atoms with Crippen LogP contribution in [0.15, 0.2) is 138 Å². The lowest BCUT2D eigenvalue weighted by Crippen LogP contribution is -2.61. The molecule has 3 aliphatic heterocycles. The first kappa shape index (κ1) is 34.8. The Hall–Kier alpha value is -6.20. The molecule has 12 rings (SSSR count). The fraction of sp³-hybridized carbons (Fsp3) is 0.222. The van der Waals surface area contributed by atoms with Crippen molar-refractivity contribution >= 4 is 68.1 Å². The van der Waals surface area contributed by atoms with Crippen molar-refractivity contribution in [2.24, 2.45) is 0 Å². The number of benzene rings is 7. The van der Waals surface area contributed by atoms with Crippen LogP contribution in [0.3, 0.4) is 0 Å². The lowest BCUT2D eigenvalue weighted by molar-refractivity contribution is 0.332. The minimum absolute atomic E-state index is 0.0258. The molecule has 0 fully saturated rings. The molecule has 0 unspecified atom stereocenters. The average molecular weight is 767 g/mol. The normalized spacial score (nSPS) is 16.6. The van der Waals surface area contributed by atoms with Crippen LogP contribution in [0.4, 0.5) is 28.6 Å². The van der Waals surface area contributed by atoms with E-state index in [2.05, 4.69) is 192 Å². The van der Waals surface area contributed by atoms with Gasteiger partial charge in [0.05, 0.1) is 22.7 Å². The van der Waals surface area contributed by atoms with Gasteiger partial charge >= 0.3 is 6.85 Å². The third-order valence-electron chi connectivity index (χ3n) is 14.0. The Kier molecular flexibility index (Phi) is 6.92. The molecule has 288 valence electrons. The molecule has 0 N–H and O–H groups in total. The molecule has 4 heterocycles. The molecule has 0 spiro atoms. The minimum Gasteiger partial charge on any atom is -0.453 e. The van der Waals surface area contributed by atoms with Crippen LogP contribution in [0.1, 0.15) is 78.0 Å². The second kappa shape index (κ2) is 11.7. The van der Waals surface area contributed by atoms with E-state index in [1.165, 1.54) is 71.7 Å². The summed E-state index contributed by atoms with van der Waals surface area (Å²) in [5.74, 6) is 2.62. The molecule has 4 aliphatic rings. The van der Waals surface area contributed by atoms with E-state index in [9.17, 15) is 0 Å². The predicted molar refractivity (Wildman–Crippen MR) is 247 cm³/mol. The summed E-state index contributed by atoms with van der Waals surface area (Å²) in [4.78, 5) is 5.07. The summed E-state index contributed by atoms with van der Waals surface area (Å²) in [5.41, 5.74) is 16.8. The van der Waals surface area contributed by atoms with E-state index in [1.807, 2.05) is 0 Å². The van der Waals surface area contributed by atoms with Gasteiger partial charge in [-0.05, 0) is 116 Å². The highest BCUT2D eigenvalue weighted by atomic mass is 16.5. The van der Waals surface area contributed by atoms with Crippen LogP contribution in [0.25, 0.3) is 44.0 Å². The smallest absolute Gasteiger partial charge is 0.337 e. The highest BCUT2D eigenvalue weighted by molar-refractivity contribution is 6.95. The van der Waals surface area contributed by atoms with Crippen LogP contribution in [0.2, 0.25) is 0 Å². The highest BCUT2D eigenvalue weighted by Gasteiger charge is 2.51. The fourth-order valence-electron chi connectivity index (χ4n) is 10.8. The van der Waals surface area contributed by atoms with Crippen molar-refractivity contribution < 1.29 is 9.15 Å². The Morgan fingerprint density at radius 1 is 0.576 bits per heavy atom. The summed E-state index contributed by atoms with van der Waals surface area (Å²) < 4.78 is 14.3. The Morgan fingerprint density at radius 3 is 2.08 bits per heavy atom. The van der Waals surface area contributed by atoms with Crippen LogP contribution in [0, 0.1) is 0 Å². The first-order chi connectivity index (χ1) is 28.4. The second-order valence-corrected chi connectivity index (χ2v) is 19.6. The molecule has 1 aliphatic carbocycles. The van der Waals surface area contributed by atoms with Gasteiger partial charge in [-0.2, -0.15) is 0 Å². The van der Waals surface area contributed by atoms with Crippen molar-refractivity contribution in [3.05, 3.63) is 150 Å². The first-order valence-corrected chi connectivity index (χ1v) is 21.3. The monoisotopic (exact) mass is 766 g/mol. The van der Waals surface area contributed by atoms with Gasteiger partial charge in [0, 0.05) is 27.4 Å². The summed E-state index contributed by atoms with van der Waals surface area (Å²) in [7, 11) is 0. The molecule has 8 aromatic rings. The van der Waals surface area contributed by atoms with Gasteiger partial charge in [-0.1, -0.05) is 133 Å². The van der Waals surface area contributed by atoms with E-state index < -0.39 is 0 Å². The van der Waals surface area contributed by atoms with Crippen molar-refractivity contribution in [3.63, 3.8) is 0 Å². The summed E-state index contributed by atoms with van der Waals surface area (Å²) >= 11 is 0. The maximum absolute atomic E-state index is 7.56. The zero-order chi connectivity index (χ0) is 40.2. The Labute approximate surface area is 347 Å². The van der Waals surface area contributed by atoms with E-state index in [1.54, 1.807) is 0 Å². The molecule has 0 radical (unpaired) electrons. The lowest BCUT2D eigenvalue weighted by atomic mass is 9.43. The SMILES string of the molecule is CC(C)(C)c1ccc(N2c3oc4cc5c(cc4c3B3c4c(cc6ccccc6c42)-c2cccc4c2N3c2ccccc2O4)C(C)(C)CCC5(C)C)c(-c2ccccc2)c1. The topological polar surface area (TPSA) is 28.9 Å². The highest BCUT2D eigenvalue weighted by Crippen LogP contribution is 2.58. The van der Waals surface area contributed by atoms with Crippen LogP contribution in [-0.4, -0.2) is 6.85 Å². The standard InChI is InChI=1S/C54H47BN2O2/c1-52(2,3)34-24-25-42(37(29-34)32-16-9-8-10-17-32)56-50-35-19-12-11-18-33(35)28-38-36-20-15-23-45-49(36)57(43-21-13-14-22-44(43)58-45)55(47(38)50)48-39-30-40-41(31-46(39)59-51(48)56)54(6,7)27-26-53(40,4)5/h8-25,28-31H,26-27H2,1-7H3. The second-order valence-electron chi connectivity index (χ2n) is 19.6. The van der Waals surface area contributed by atoms with Crippen molar-refractivity contribution in [1.82, 2.24) is 0 Å². The Bertz CT molecular complexity index is 3100. The zero-order valence-electron chi connectivity index (χ0n) is 34.9. The fourth-order valence-corrected chi connectivity index (χ4v) is 10.8.